The molecule has 1 aromatic heterocycles. The molecule has 9 aromatic rings. The van der Waals surface area contributed by atoms with Gasteiger partial charge in [0.2, 0.25) is 0 Å². The highest BCUT2D eigenvalue weighted by molar-refractivity contribution is 6.24. The van der Waals surface area contributed by atoms with E-state index in [1.165, 1.54) is 87.6 Å². The van der Waals surface area contributed by atoms with Crippen molar-refractivity contribution in [2.75, 3.05) is 0 Å². The van der Waals surface area contributed by atoms with Gasteiger partial charge in [0.05, 0.1) is 0 Å². The number of hydrogen-bond donors (Lipinski definition) is 0. The second-order valence-electron chi connectivity index (χ2n) is 12.4. The molecular weight excluding hydrogens is 567 g/mol. The van der Waals surface area contributed by atoms with E-state index in [-0.39, 0.29) is 0 Å². The quantitative estimate of drug-likeness (QED) is 0.184. The smallest absolute Gasteiger partial charge is 0.0346 e. The van der Waals surface area contributed by atoms with Gasteiger partial charge in [-0.25, -0.2) is 0 Å². The molecule has 1 heterocycles. The monoisotopic (exact) mass is 597 g/mol. The van der Waals surface area contributed by atoms with Crippen LogP contribution < -0.4 is 0 Å². The molecule has 8 aromatic carbocycles. The number of nitrogens with zero attached hydrogens (tertiary/aromatic N) is 1. The molecule has 0 unspecified atom stereocenters. The normalized spacial score (nSPS) is 11.5. The number of fused-ring (bicyclic) bond motifs is 4. The summed E-state index contributed by atoms with van der Waals surface area (Å²) in [5.41, 5.74) is 11.1. The van der Waals surface area contributed by atoms with Crippen LogP contribution >= 0.6 is 0 Å². The van der Waals surface area contributed by atoms with E-state index >= 15 is 0 Å². The first kappa shape index (κ1) is 27.3. The number of pyridine rings is 1. The maximum Gasteiger partial charge on any atom is 0.0346 e. The van der Waals surface area contributed by atoms with E-state index in [4.69, 9.17) is 0 Å². The lowest BCUT2D eigenvalue weighted by molar-refractivity contribution is 1.33. The Bertz CT molecular complexity index is 2570. The van der Waals surface area contributed by atoms with E-state index in [1.54, 1.807) is 0 Å². The van der Waals surface area contributed by atoms with Crippen LogP contribution in [0.3, 0.4) is 0 Å². The van der Waals surface area contributed by atoms with Gasteiger partial charge in [-0.15, -0.1) is 0 Å². The lowest BCUT2D eigenvalue weighted by Crippen LogP contribution is -1.92. The molecule has 9 rings (SSSR count). The summed E-state index contributed by atoms with van der Waals surface area (Å²) in [5, 5.41) is 10.1. The van der Waals surface area contributed by atoms with Gasteiger partial charge in [-0.2, -0.15) is 0 Å². The number of aromatic nitrogens is 1. The van der Waals surface area contributed by atoms with Gasteiger partial charge >= 0.3 is 0 Å². The molecule has 0 atom stereocenters. The van der Waals surface area contributed by atoms with Crippen molar-refractivity contribution >= 4 is 43.1 Å². The van der Waals surface area contributed by atoms with E-state index in [2.05, 4.69) is 164 Å². The lowest BCUT2D eigenvalue weighted by Gasteiger charge is -2.20. The van der Waals surface area contributed by atoms with Crippen molar-refractivity contribution in [1.82, 2.24) is 4.98 Å². The highest BCUT2D eigenvalue weighted by atomic mass is 14.6. The Morgan fingerprint density at radius 1 is 0.362 bits per heavy atom. The Kier molecular flexibility index (Phi) is 6.43. The molecule has 0 radical (unpaired) electrons. The number of rotatable bonds is 4. The Hall–Kier alpha value is -6.05. The third-order valence-electron chi connectivity index (χ3n) is 9.58. The van der Waals surface area contributed by atoms with Crippen molar-refractivity contribution in [2.45, 2.75) is 6.92 Å². The van der Waals surface area contributed by atoms with Gasteiger partial charge in [0.1, 0.15) is 0 Å². The Balaban J connectivity index is 1.30. The first-order valence-corrected chi connectivity index (χ1v) is 16.2. The largest absolute Gasteiger partial charge is 0.264 e. The molecule has 0 saturated carbocycles. The van der Waals surface area contributed by atoms with E-state index in [9.17, 15) is 0 Å². The van der Waals surface area contributed by atoms with Crippen LogP contribution in [-0.2, 0) is 0 Å². The average molecular weight is 598 g/mol. The Labute approximate surface area is 274 Å². The van der Waals surface area contributed by atoms with Crippen molar-refractivity contribution in [3.8, 4) is 44.5 Å². The molecule has 0 aliphatic carbocycles. The molecule has 220 valence electrons. The van der Waals surface area contributed by atoms with Crippen molar-refractivity contribution in [3.05, 3.63) is 176 Å². The zero-order chi connectivity index (χ0) is 31.3. The van der Waals surface area contributed by atoms with Crippen molar-refractivity contribution in [1.29, 1.82) is 0 Å². The van der Waals surface area contributed by atoms with Crippen LogP contribution in [0.5, 0.6) is 0 Å². The van der Waals surface area contributed by atoms with Crippen LogP contribution in [0.2, 0.25) is 0 Å². The van der Waals surface area contributed by atoms with Gasteiger partial charge in [0.15, 0.2) is 0 Å². The minimum absolute atomic E-state index is 1.12. The molecule has 0 aliphatic heterocycles. The lowest BCUT2D eigenvalue weighted by atomic mass is 9.83. The van der Waals surface area contributed by atoms with Crippen molar-refractivity contribution < 1.29 is 0 Å². The zero-order valence-corrected chi connectivity index (χ0v) is 26.1. The molecule has 0 N–H and O–H groups in total. The van der Waals surface area contributed by atoms with Crippen LogP contribution in [0.25, 0.3) is 87.6 Å². The van der Waals surface area contributed by atoms with Gasteiger partial charge in [0, 0.05) is 18.0 Å². The average Bonchev–Trinajstić information content (AvgIpc) is 3.14. The summed E-state index contributed by atoms with van der Waals surface area (Å²) in [4.78, 5) is 4.35. The molecule has 1 heteroatoms. The summed E-state index contributed by atoms with van der Waals surface area (Å²) in [6.45, 7) is 2.16. The van der Waals surface area contributed by atoms with E-state index in [0.717, 1.165) is 5.56 Å². The molecule has 47 heavy (non-hydrogen) atoms. The third-order valence-corrected chi connectivity index (χ3v) is 9.58. The fraction of sp³-hybridized carbons (Fsp3) is 0.0217. The predicted octanol–water partition coefficient (Wildman–Crippen LogP) is 12.7. The minimum atomic E-state index is 1.12. The molecule has 0 aliphatic rings. The molecule has 1 nitrogen and oxygen atoms in total. The van der Waals surface area contributed by atoms with Crippen LogP contribution in [0.15, 0.2) is 170 Å². The summed E-state index contributed by atoms with van der Waals surface area (Å²) in [6, 6.07) is 57.9. The fourth-order valence-electron chi connectivity index (χ4n) is 7.42. The van der Waals surface area contributed by atoms with Gasteiger partial charge in [0.25, 0.3) is 0 Å². The molecule has 0 bridgehead atoms. The topological polar surface area (TPSA) is 12.9 Å². The van der Waals surface area contributed by atoms with Crippen molar-refractivity contribution in [3.63, 3.8) is 0 Å². The number of benzene rings is 8. The molecule has 0 spiro atoms. The van der Waals surface area contributed by atoms with Gasteiger partial charge in [-0.1, -0.05) is 145 Å². The standard InChI is InChI=1S/C46H31N/c1-30-19-20-33-28-35(22-21-32(33)26-30)45-40-15-4-6-17-42(40)46(43-18-7-5-16-41(43)45)44-24-23-37(38-13-2-3-14-39(38)44)34-11-8-10-31(27-34)36-12-9-25-47-29-36/h2-29H,1H3. The zero-order valence-electron chi connectivity index (χ0n) is 26.1. The second-order valence-corrected chi connectivity index (χ2v) is 12.4. The van der Waals surface area contributed by atoms with Gasteiger partial charge in [-0.05, 0) is 107 Å². The number of aryl methyl sites for hydroxylation is 1. The van der Waals surface area contributed by atoms with Gasteiger partial charge in [-0.3, -0.25) is 4.98 Å². The fourth-order valence-corrected chi connectivity index (χ4v) is 7.42. The first-order chi connectivity index (χ1) is 23.2. The summed E-state index contributed by atoms with van der Waals surface area (Å²) in [7, 11) is 0. The van der Waals surface area contributed by atoms with Gasteiger partial charge < -0.3 is 0 Å². The number of hydrogen-bond acceptors (Lipinski definition) is 1. The minimum Gasteiger partial charge on any atom is -0.264 e. The van der Waals surface area contributed by atoms with Crippen LogP contribution in [0.4, 0.5) is 0 Å². The molecule has 0 amide bonds. The van der Waals surface area contributed by atoms with E-state index in [1.807, 2.05) is 18.5 Å². The third kappa shape index (κ3) is 4.59. The highest BCUT2D eigenvalue weighted by Gasteiger charge is 2.19. The molecule has 0 saturated heterocycles. The second kappa shape index (κ2) is 11.1. The molecule has 0 fully saturated rings. The van der Waals surface area contributed by atoms with E-state index < -0.39 is 0 Å². The Morgan fingerprint density at radius 3 is 1.64 bits per heavy atom. The highest BCUT2D eigenvalue weighted by Crippen LogP contribution is 2.46. The SMILES string of the molecule is Cc1ccc2cc(-c3c4ccccc4c(-c4ccc(-c5cccc(-c6cccnc6)c5)c5ccccc45)c4ccccc34)ccc2c1. The predicted molar refractivity (Wildman–Crippen MR) is 201 cm³/mol. The summed E-state index contributed by atoms with van der Waals surface area (Å²) in [6.07, 6.45) is 3.75. The first-order valence-electron chi connectivity index (χ1n) is 16.2. The summed E-state index contributed by atoms with van der Waals surface area (Å²) in [5.74, 6) is 0. The Morgan fingerprint density at radius 2 is 0.936 bits per heavy atom. The van der Waals surface area contributed by atoms with Crippen LogP contribution in [0, 0.1) is 6.92 Å². The van der Waals surface area contributed by atoms with E-state index in [0.29, 0.717) is 0 Å². The molecular formula is C46H31N. The summed E-state index contributed by atoms with van der Waals surface area (Å²) >= 11 is 0. The maximum absolute atomic E-state index is 4.35. The van der Waals surface area contributed by atoms with Crippen LogP contribution in [-0.4, -0.2) is 4.98 Å². The van der Waals surface area contributed by atoms with Crippen molar-refractivity contribution in [2.24, 2.45) is 0 Å². The summed E-state index contributed by atoms with van der Waals surface area (Å²) < 4.78 is 0. The maximum atomic E-state index is 4.35. The van der Waals surface area contributed by atoms with Crippen LogP contribution in [0.1, 0.15) is 5.56 Å².